The van der Waals surface area contributed by atoms with Crippen LogP contribution in [0.4, 0.5) is 4.39 Å². The quantitative estimate of drug-likeness (QED) is 0.158. The summed E-state index contributed by atoms with van der Waals surface area (Å²) in [6.07, 6.45) is 17.4. The molecule has 1 aliphatic carbocycles. The van der Waals surface area contributed by atoms with Gasteiger partial charge in [-0.15, -0.1) is 0 Å². The molecule has 0 saturated heterocycles. The first-order valence-corrected chi connectivity index (χ1v) is 13.4. The summed E-state index contributed by atoms with van der Waals surface area (Å²) in [7, 11) is 0. The van der Waals surface area contributed by atoms with Crippen LogP contribution in [0.25, 0.3) is 0 Å². The monoisotopic (exact) mass is 468 g/mol. The number of carbonyl (C=O) groups excluding carboxylic acids is 1. The SMILES string of the molecule is CCCCCCCCCOc1ccc(C(=O)Oc2ccc(CCC3CCCCC3)cc2)cc1F. The minimum atomic E-state index is -0.563. The molecular weight excluding hydrogens is 427 g/mol. The molecule has 1 saturated carbocycles. The van der Waals surface area contributed by atoms with Crippen LogP contribution in [0.2, 0.25) is 0 Å². The highest BCUT2D eigenvalue weighted by molar-refractivity contribution is 5.91. The predicted molar refractivity (Wildman–Crippen MR) is 136 cm³/mol. The van der Waals surface area contributed by atoms with Gasteiger partial charge in [0, 0.05) is 0 Å². The zero-order valence-electron chi connectivity index (χ0n) is 20.8. The van der Waals surface area contributed by atoms with E-state index in [0.717, 1.165) is 25.2 Å². The summed E-state index contributed by atoms with van der Waals surface area (Å²) < 4.78 is 25.4. The predicted octanol–water partition coefficient (Wildman–Crippen LogP) is 8.69. The van der Waals surface area contributed by atoms with Gasteiger partial charge < -0.3 is 9.47 Å². The molecular formula is C30H41FO3. The summed E-state index contributed by atoms with van der Waals surface area (Å²) in [5.74, 6) is 0.419. The molecule has 0 bridgehead atoms. The topological polar surface area (TPSA) is 35.5 Å². The summed E-state index contributed by atoms with van der Waals surface area (Å²) in [5, 5.41) is 0. The number of rotatable bonds is 14. The average molecular weight is 469 g/mol. The van der Waals surface area contributed by atoms with Gasteiger partial charge in [0.25, 0.3) is 0 Å². The number of hydrogen-bond acceptors (Lipinski definition) is 3. The van der Waals surface area contributed by atoms with Gasteiger partial charge in [0.2, 0.25) is 0 Å². The third kappa shape index (κ3) is 9.12. The van der Waals surface area contributed by atoms with Gasteiger partial charge in [0.1, 0.15) is 5.75 Å². The van der Waals surface area contributed by atoms with Crippen LogP contribution < -0.4 is 9.47 Å². The molecule has 2 aromatic rings. The third-order valence-electron chi connectivity index (χ3n) is 6.87. The minimum Gasteiger partial charge on any atom is -0.491 e. The van der Waals surface area contributed by atoms with Crippen molar-refractivity contribution in [1.29, 1.82) is 0 Å². The largest absolute Gasteiger partial charge is 0.491 e. The Hall–Kier alpha value is -2.36. The number of ether oxygens (including phenoxy) is 2. The number of esters is 1. The molecule has 0 radical (unpaired) electrons. The maximum absolute atomic E-state index is 14.4. The Morgan fingerprint density at radius 1 is 0.912 bits per heavy atom. The van der Waals surface area contributed by atoms with E-state index in [-0.39, 0.29) is 11.3 Å². The van der Waals surface area contributed by atoms with E-state index < -0.39 is 11.8 Å². The molecule has 34 heavy (non-hydrogen) atoms. The molecule has 4 heteroatoms. The number of benzene rings is 2. The molecule has 3 nitrogen and oxygen atoms in total. The van der Waals surface area contributed by atoms with E-state index in [0.29, 0.717) is 12.4 Å². The van der Waals surface area contributed by atoms with Crippen molar-refractivity contribution in [2.24, 2.45) is 5.92 Å². The van der Waals surface area contributed by atoms with Crippen molar-refractivity contribution in [2.75, 3.05) is 6.61 Å². The first-order valence-electron chi connectivity index (χ1n) is 13.4. The highest BCUT2D eigenvalue weighted by atomic mass is 19.1. The summed E-state index contributed by atoms with van der Waals surface area (Å²) in [6.45, 7) is 2.70. The zero-order valence-corrected chi connectivity index (χ0v) is 20.8. The highest BCUT2D eigenvalue weighted by Gasteiger charge is 2.15. The van der Waals surface area contributed by atoms with Crippen molar-refractivity contribution in [1.82, 2.24) is 0 Å². The Kier molecular flexibility index (Phi) is 11.4. The fourth-order valence-corrected chi connectivity index (χ4v) is 4.72. The van der Waals surface area contributed by atoms with Crippen molar-refractivity contribution < 1.29 is 18.7 Å². The first kappa shape index (κ1) is 26.2. The molecule has 0 atom stereocenters. The zero-order chi connectivity index (χ0) is 24.0. The number of hydrogen-bond donors (Lipinski definition) is 0. The molecule has 1 aliphatic rings. The molecule has 1 fully saturated rings. The Morgan fingerprint density at radius 3 is 2.32 bits per heavy atom. The molecule has 0 aromatic heterocycles. The normalized spacial score (nSPS) is 14.2. The maximum atomic E-state index is 14.4. The van der Waals surface area contributed by atoms with Crippen LogP contribution in [0.15, 0.2) is 42.5 Å². The Balaban J connectivity index is 1.39. The summed E-state index contributed by atoms with van der Waals surface area (Å²) in [6, 6.07) is 12.0. The number of carbonyl (C=O) groups is 1. The lowest BCUT2D eigenvalue weighted by atomic mass is 9.85. The van der Waals surface area contributed by atoms with Crippen LogP contribution in [-0.4, -0.2) is 12.6 Å². The minimum absolute atomic E-state index is 0.183. The van der Waals surface area contributed by atoms with Crippen LogP contribution in [0, 0.1) is 11.7 Å². The van der Waals surface area contributed by atoms with Crippen molar-refractivity contribution in [3.8, 4) is 11.5 Å². The molecule has 2 aromatic carbocycles. The van der Waals surface area contributed by atoms with E-state index in [9.17, 15) is 9.18 Å². The van der Waals surface area contributed by atoms with Crippen LogP contribution in [-0.2, 0) is 6.42 Å². The van der Waals surface area contributed by atoms with Gasteiger partial charge in [-0.25, -0.2) is 9.18 Å². The van der Waals surface area contributed by atoms with E-state index in [1.54, 1.807) is 6.07 Å². The molecule has 186 valence electrons. The van der Waals surface area contributed by atoms with Gasteiger partial charge in [-0.3, -0.25) is 0 Å². The first-order chi connectivity index (χ1) is 16.7. The van der Waals surface area contributed by atoms with Crippen molar-refractivity contribution in [3.63, 3.8) is 0 Å². The fraction of sp³-hybridized carbons (Fsp3) is 0.567. The third-order valence-corrected chi connectivity index (χ3v) is 6.87. The Labute approximate surface area is 205 Å². The summed E-state index contributed by atoms with van der Waals surface area (Å²) in [5.41, 5.74) is 1.45. The van der Waals surface area contributed by atoms with Crippen LogP contribution in [0.3, 0.4) is 0 Å². The molecule has 0 heterocycles. The van der Waals surface area contributed by atoms with Gasteiger partial charge in [-0.2, -0.15) is 0 Å². The highest BCUT2D eigenvalue weighted by Crippen LogP contribution is 2.28. The lowest BCUT2D eigenvalue weighted by Gasteiger charge is -2.21. The van der Waals surface area contributed by atoms with E-state index in [1.165, 1.54) is 88.3 Å². The second-order valence-corrected chi connectivity index (χ2v) is 9.69. The van der Waals surface area contributed by atoms with Gasteiger partial charge in [0.05, 0.1) is 12.2 Å². The van der Waals surface area contributed by atoms with E-state index >= 15 is 0 Å². The van der Waals surface area contributed by atoms with Crippen molar-refractivity contribution in [3.05, 3.63) is 59.4 Å². The lowest BCUT2D eigenvalue weighted by Crippen LogP contribution is -2.09. The standard InChI is InChI=1S/C30H41FO3/c1-2-3-4-5-6-7-11-22-33-29-21-18-26(23-28(29)31)30(32)34-27-19-16-25(17-20-27)15-14-24-12-9-8-10-13-24/h16-21,23-24H,2-15,22H2,1H3. The summed E-state index contributed by atoms with van der Waals surface area (Å²) in [4.78, 5) is 12.5. The number of unbranched alkanes of at least 4 members (excludes halogenated alkanes) is 6. The van der Waals surface area contributed by atoms with Crippen molar-refractivity contribution in [2.45, 2.75) is 96.8 Å². The van der Waals surface area contributed by atoms with E-state index in [4.69, 9.17) is 9.47 Å². The number of aryl methyl sites for hydroxylation is 1. The van der Waals surface area contributed by atoms with Gasteiger partial charge in [-0.1, -0.05) is 89.7 Å². The van der Waals surface area contributed by atoms with Crippen molar-refractivity contribution >= 4 is 5.97 Å². The fourth-order valence-electron chi connectivity index (χ4n) is 4.72. The molecule has 0 spiro atoms. The molecule has 0 amide bonds. The Morgan fingerprint density at radius 2 is 1.62 bits per heavy atom. The average Bonchev–Trinajstić information content (AvgIpc) is 2.86. The van der Waals surface area contributed by atoms with Crippen LogP contribution >= 0.6 is 0 Å². The second-order valence-electron chi connectivity index (χ2n) is 9.69. The maximum Gasteiger partial charge on any atom is 0.343 e. The molecule has 0 aliphatic heterocycles. The summed E-state index contributed by atoms with van der Waals surface area (Å²) >= 11 is 0. The van der Waals surface area contributed by atoms with Gasteiger partial charge >= 0.3 is 5.97 Å². The number of halogens is 1. The van der Waals surface area contributed by atoms with E-state index in [1.807, 2.05) is 24.3 Å². The smallest absolute Gasteiger partial charge is 0.343 e. The van der Waals surface area contributed by atoms with Gasteiger partial charge in [-0.05, 0) is 61.1 Å². The molecule has 3 rings (SSSR count). The van der Waals surface area contributed by atoms with E-state index in [2.05, 4.69) is 6.92 Å². The van der Waals surface area contributed by atoms with Crippen LogP contribution in [0.5, 0.6) is 11.5 Å². The second kappa shape index (κ2) is 14.8. The molecule has 0 unspecified atom stereocenters. The lowest BCUT2D eigenvalue weighted by molar-refractivity contribution is 0.0734. The van der Waals surface area contributed by atoms with Crippen LogP contribution in [0.1, 0.15) is 106 Å². The van der Waals surface area contributed by atoms with Gasteiger partial charge in [0.15, 0.2) is 11.6 Å². The Bertz CT molecular complexity index is 856. The molecule has 0 N–H and O–H groups in total.